The largest absolute Gasteiger partial charge is 0.379 e. The summed E-state index contributed by atoms with van der Waals surface area (Å²) >= 11 is 0. The predicted octanol–water partition coefficient (Wildman–Crippen LogP) is 3.54. The van der Waals surface area contributed by atoms with Gasteiger partial charge in [-0.25, -0.2) is 5.43 Å². The fourth-order valence-electron chi connectivity index (χ4n) is 3.92. The summed E-state index contributed by atoms with van der Waals surface area (Å²) in [6, 6.07) is 21.0. The van der Waals surface area contributed by atoms with Crippen molar-refractivity contribution in [2.75, 3.05) is 32.8 Å². The molecule has 3 aromatic rings. The lowest BCUT2D eigenvalue weighted by atomic mass is 10.1. The van der Waals surface area contributed by atoms with E-state index in [2.05, 4.69) is 88.4 Å². The van der Waals surface area contributed by atoms with Crippen LogP contribution in [0.5, 0.6) is 0 Å². The van der Waals surface area contributed by atoms with Crippen LogP contribution in [-0.4, -0.2) is 54.4 Å². The van der Waals surface area contributed by atoms with E-state index in [0.29, 0.717) is 19.8 Å². The molecule has 160 valence electrons. The molecule has 2 aromatic carbocycles. The molecule has 0 radical (unpaired) electrons. The number of ether oxygens (including phenoxy) is 1. The number of amides is 1. The molecule has 6 heteroatoms. The highest BCUT2D eigenvalue weighted by Gasteiger charge is 2.14. The van der Waals surface area contributed by atoms with Crippen molar-refractivity contribution in [1.82, 2.24) is 14.9 Å². The van der Waals surface area contributed by atoms with Gasteiger partial charge in [0, 0.05) is 35.7 Å². The highest BCUT2D eigenvalue weighted by molar-refractivity contribution is 5.84. The third-order valence-corrected chi connectivity index (χ3v) is 5.57. The minimum absolute atomic E-state index is 0.108. The molecule has 0 aliphatic carbocycles. The van der Waals surface area contributed by atoms with Crippen LogP contribution in [0.25, 0.3) is 16.8 Å². The van der Waals surface area contributed by atoms with E-state index in [1.807, 2.05) is 6.07 Å². The van der Waals surface area contributed by atoms with Crippen molar-refractivity contribution < 1.29 is 9.53 Å². The van der Waals surface area contributed by atoms with Crippen molar-refractivity contribution in [2.24, 2.45) is 5.10 Å². The topological polar surface area (TPSA) is 58.9 Å². The van der Waals surface area contributed by atoms with Crippen LogP contribution in [0, 0.1) is 13.8 Å². The van der Waals surface area contributed by atoms with Crippen molar-refractivity contribution >= 4 is 12.1 Å². The predicted molar refractivity (Wildman–Crippen MR) is 124 cm³/mol. The quantitative estimate of drug-likeness (QED) is 0.494. The Hall–Kier alpha value is -3.22. The number of aromatic nitrogens is 1. The molecule has 0 bridgehead atoms. The lowest BCUT2D eigenvalue weighted by molar-refractivity contribution is -0.123. The van der Waals surface area contributed by atoms with Gasteiger partial charge < -0.3 is 9.30 Å². The fourth-order valence-corrected chi connectivity index (χ4v) is 3.92. The zero-order chi connectivity index (χ0) is 21.6. The number of nitrogens with one attached hydrogen (secondary N) is 1. The molecule has 6 nitrogen and oxygen atoms in total. The standard InChI is InChI=1S/C25H28N4O2/c1-19-16-23(17-26-27-25(30)18-28-12-14-31-15-13-28)20(2)29(19)24-10-8-22(9-11-24)21-6-4-3-5-7-21/h3-11,16-17H,12-15,18H2,1-2H3,(H,27,30). The maximum absolute atomic E-state index is 12.1. The number of benzene rings is 2. The van der Waals surface area contributed by atoms with E-state index in [9.17, 15) is 4.79 Å². The van der Waals surface area contributed by atoms with Gasteiger partial charge in [0.15, 0.2) is 0 Å². The van der Waals surface area contributed by atoms with Crippen molar-refractivity contribution in [2.45, 2.75) is 13.8 Å². The van der Waals surface area contributed by atoms with Crippen molar-refractivity contribution in [1.29, 1.82) is 0 Å². The van der Waals surface area contributed by atoms with E-state index in [4.69, 9.17) is 4.74 Å². The molecule has 1 fully saturated rings. The number of carbonyl (C=O) groups is 1. The zero-order valence-electron chi connectivity index (χ0n) is 18.0. The van der Waals surface area contributed by atoms with Gasteiger partial charge in [0.1, 0.15) is 0 Å². The second-order valence-electron chi connectivity index (χ2n) is 7.76. The summed E-state index contributed by atoms with van der Waals surface area (Å²) in [4.78, 5) is 14.2. The zero-order valence-corrected chi connectivity index (χ0v) is 18.0. The highest BCUT2D eigenvalue weighted by atomic mass is 16.5. The van der Waals surface area contributed by atoms with Gasteiger partial charge in [-0.15, -0.1) is 0 Å². The maximum Gasteiger partial charge on any atom is 0.254 e. The van der Waals surface area contributed by atoms with Crippen LogP contribution < -0.4 is 5.43 Å². The monoisotopic (exact) mass is 416 g/mol. The number of rotatable bonds is 6. The van der Waals surface area contributed by atoms with Gasteiger partial charge in [-0.05, 0) is 43.2 Å². The summed E-state index contributed by atoms with van der Waals surface area (Å²) in [6.07, 6.45) is 1.72. The van der Waals surface area contributed by atoms with Crippen LogP contribution in [0.4, 0.5) is 0 Å². The first-order valence-corrected chi connectivity index (χ1v) is 10.6. The van der Waals surface area contributed by atoms with Crippen LogP contribution in [0.15, 0.2) is 65.8 Å². The van der Waals surface area contributed by atoms with Crippen LogP contribution in [0.3, 0.4) is 0 Å². The Balaban J connectivity index is 1.43. The summed E-state index contributed by atoms with van der Waals surface area (Å²) in [6.45, 7) is 7.39. The third-order valence-electron chi connectivity index (χ3n) is 5.57. The average molecular weight is 417 g/mol. The number of hydrazone groups is 1. The second kappa shape index (κ2) is 9.73. The minimum Gasteiger partial charge on any atom is -0.379 e. The summed E-state index contributed by atoms with van der Waals surface area (Å²) in [5.74, 6) is -0.108. The molecule has 0 unspecified atom stereocenters. The fraction of sp³-hybridized carbons (Fsp3) is 0.280. The van der Waals surface area contributed by atoms with Crippen molar-refractivity contribution in [3.8, 4) is 16.8 Å². The lowest BCUT2D eigenvalue weighted by Gasteiger charge is -2.25. The van der Waals surface area contributed by atoms with Gasteiger partial charge in [-0.3, -0.25) is 9.69 Å². The third kappa shape index (κ3) is 5.10. The summed E-state index contributed by atoms with van der Waals surface area (Å²) in [5, 5.41) is 4.17. The van der Waals surface area contributed by atoms with Crippen LogP contribution in [0.1, 0.15) is 17.0 Å². The van der Waals surface area contributed by atoms with Gasteiger partial charge in [0.25, 0.3) is 5.91 Å². The SMILES string of the molecule is Cc1cc(C=NNC(=O)CN2CCOCC2)c(C)n1-c1ccc(-c2ccccc2)cc1. The molecule has 1 N–H and O–H groups in total. The van der Waals surface area contributed by atoms with Gasteiger partial charge in [-0.1, -0.05) is 42.5 Å². The van der Waals surface area contributed by atoms with E-state index in [-0.39, 0.29) is 5.91 Å². The molecule has 1 aliphatic rings. The number of nitrogens with zero attached hydrogens (tertiary/aromatic N) is 3. The molecule has 1 amide bonds. The molecule has 4 rings (SSSR count). The molecule has 0 atom stereocenters. The number of aryl methyl sites for hydroxylation is 1. The molecule has 31 heavy (non-hydrogen) atoms. The Morgan fingerprint density at radius 2 is 1.71 bits per heavy atom. The first-order valence-electron chi connectivity index (χ1n) is 10.6. The average Bonchev–Trinajstić information content (AvgIpc) is 3.08. The molecule has 2 heterocycles. The normalized spacial score (nSPS) is 14.8. The van der Waals surface area contributed by atoms with Crippen LogP contribution >= 0.6 is 0 Å². The molecule has 1 saturated heterocycles. The van der Waals surface area contributed by atoms with Gasteiger partial charge in [0.05, 0.1) is 26.0 Å². The first-order chi connectivity index (χ1) is 15.1. The smallest absolute Gasteiger partial charge is 0.254 e. The molecule has 0 spiro atoms. The number of hydrogen-bond donors (Lipinski definition) is 1. The van der Waals surface area contributed by atoms with E-state index < -0.39 is 0 Å². The van der Waals surface area contributed by atoms with E-state index in [0.717, 1.165) is 35.7 Å². The van der Waals surface area contributed by atoms with E-state index >= 15 is 0 Å². The van der Waals surface area contributed by atoms with Crippen LogP contribution in [-0.2, 0) is 9.53 Å². The number of hydrogen-bond acceptors (Lipinski definition) is 4. The van der Waals surface area contributed by atoms with E-state index in [1.165, 1.54) is 11.1 Å². The Bertz CT molecular complexity index is 1050. The van der Waals surface area contributed by atoms with Gasteiger partial charge >= 0.3 is 0 Å². The Morgan fingerprint density at radius 3 is 2.42 bits per heavy atom. The minimum atomic E-state index is -0.108. The molecular weight excluding hydrogens is 388 g/mol. The number of morpholine rings is 1. The van der Waals surface area contributed by atoms with Crippen molar-refractivity contribution in [3.63, 3.8) is 0 Å². The second-order valence-corrected chi connectivity index (χ2v) is 7.76. The Kier molecular flexibility index (Phi) is 6.60. The van der Waals surface area contributed by atoms with Crippen molar-refractivity contribution in [3.05, 3.63) is 77.6 Å². The maximum atomic E-state index is 12.1. The molecule has 1 aromatic heterocycles. The number of carbonyl (C=O) groups excluding carboxylic acids is 1. The van der Waals surface area contributed by atoms with E-state index in [1.54, 1.807) is 6.21 Å². The Labute approximate surface area is 183 Å². The summed E-state index contributed by atoms with van der Waals surface area (Å²) < 4.78 is 7.51. The molecule has 0 saturated carbocycles. The summed E-state index contributed by atoms with van der Waals surface area (Å²) in [7, 11) is 0. The van der Waals surface area contributed by atoms with Gasteiger partial charge in [0.2, 0.25) is 0 Å². The Morgan fingerprint density at radius 1 is 1.03 bits per heavy atom. The molecular formula is C25H28N4O2. The summed E-state index contributed by atoms with van der Waals surface area (Å²) in [5.41, 5.74) is 9.32. The van der Waals surface area contributed by atoms with Crippen LogP contribution in [0.2, 0.25) is 0 Å². The first kappa shape index (κ1) is 21.0. The molecule has 1 aliphatic heterocycles. The van der Waals surface area contributed by atoms with Gasteiger partial charge in [-0.2, -0.15) is 5.10 Å². The highest BCUT2D eigenvalue weighted by Crippen LogP contribution is 2.24. The lowest BCUT2D eigenvalue weighted by Crippen LogP contribution is -2.42.